The summed E-state index contributed by atoms with van der Waals surface area (Å²) in [6.07, 6.45) is 9.81. The molecule has 1 aliphatic carbocycles. The van der Waals surface area contributed by atoms with Crippen molar-refractivity contribution in [1.29, 1.82) is 0 Å². The van der Waals surface area contributed by atoms with E-state index in [1.54, 1.807) is 5.19 Å². The van der Waals surface area contributed by atoms with E-state index < -0.39 is 0 Å². The van der Waals surface area contributed by atoms with E-state index >= 15 is 0 Å². The fraction of sp³-hybridized carbons (Fsp3) is 0.444. The monoisotopic (exact) mass is 423 g/mol. The molecule has 0 aromatic heterocycles. The summed E-state index contributed by atoms with van der Waals surface area (Å²) in [6.45, 7) is 9.11. The van der Waals surface area contributed by atoms with Gasteiger partial charge in [0.05, 0.1) is 8.80 Å². The summed E-state index contributed by atoms with van der Waals surface area (Å²) in [5, 5.41) is 1.55. The Morgan fingerprint density at radius 3 is 2.04 bits per heavy atom. The average Bonchev–Trinajstić information content (AvgIpc) is 3.01. The minimum atomic E-state index is -0.207. The first-order valence-corrected chi connectivity index (χ1v) is 9.54. The first-order valence-electron chi connectivity index (χ1n) is 7.33. The molecule has 5 heteroatoms. The molecule has 1 unspecified atom stereocenters. The van der Waals surface area contributed by atoms with Crippen molar-refractivity contribution in [2.24, 2.45) is 5.92 Å². The molecule has 0 heterocycles. The Bertz CT molecular complexity index is 422. The summed E-state index contributed by atoms with van der Waals surface area (Å²) in [6, 6.07) is 12.1. The Morgan fingerprint density at radius 2 is 1.65 bits per heavy atom. The van der Waals surface area contributed by atoms with Crippen LogP contribution in [0.4, 0.5) is 0 Å². The fourth-order valence-corrected chi connectivity index (χ4v) is 3.09. The van der Waals surface area contributed by atoms with Gasteiger partial charge in [-0.2, -0.15) is 11.6 Å². The first kappa shape index (κ1) is 31.3. The van der Waals surface area contributed by atoms with E-state index in [0.29, 0.717) is 0 Å². The molecule has 23 heavy (non-hydrogen) atoms. The second kappa shape index (κ2) is 18.8. The molecule has 0 bridgehead atoms. The topological polar surface area (TPSA) is 0 Å². The van der Waals surface area contributed by atoms with Gasteiger partial charge in [0, 0.05) is 0 Å². The molecule has 127 valence electrons. The molecule has 0 N–H and O–H groups in total. The zero-order valence-electron chi connectivity index (χ0n) is 14.4. The van der Waals surface area contributed by atoms with E-state index in [1.165, 1.54) is 18.0 Å². The van der Waals surface area contributed by atoms with Crippen LogP contribution in [0.5, 0.6) is 0 Å². The SMILES string of the molecule is CCC(C)C1=CC[C-]=C1.CC[Si](C)c1ccccc1.[Cl-].[Cl-].[Cl-].[Ti+4]. The van der Waals surface area contributed by atoms with Crippen molar-refractivity contribution in [2.45, 2.75) is 46.2 Å². The van der Waals surface area contributed by atoms with E-state index in [-0.39, 0.29) is 67.7 Å². The zero-order valence-corrected chi connectivity index (χ0v) is 19.2. The van der Waals surface area contributed by atoms with Gasteiger partial charge < -0.3 is 37.2 Å². The van der Waals surface area contributed by atoms with Crippen LogP contribution in [0.25, 0.3) is 0 Å². The molecule has 0 spiro atoms. The van der Waals surface area contributed by atoms with Gasteiger partial charge in [-0.1, -0.05) is 81.2 Å². The van der Waals surface area contributed by atoms with Crippen LogP contribution < -0.4 is 42.4 Å². The van der Waals surface area contributed by atoms with Gasteiger partial charge in [0.2, 0.25) is 0 Å². The molecule has 1 radical (unpaired) electrons. The standard InChI is InChI=1S/C9H13Si.C9H13.3ClH.Ti/c1-3-10(2)9-7-5-4-6-8-9;1-3-8(2)9-6-4-5-7-9;;;;/h4-8H,3H2,1-2H3;6-8H,3-4H2,1-2H3;3*1H;/q;-1;;;;+4/p-3. The third-order valence-corrected chi connectivity index (χ3v) is 6.08. The maximum atomic E-state index is 3.17. The van der Waals surface area contributed by atoms with Crippen molar-refractivity contribution in [1.82, 2.24) is 0 Å². The molecule has 0 saturated heterocycles. The van der Waals surface area contributed by atoms with E-state index in [1.807, 2.05) is 0 Å². The molecular weight excluding hydrogens is 399 g/mol. The van der Waals surface area contributed by atoms with Crippen molar-refractivity contribution < 1.29 is 58.9 Å². The third-order valence-electron chi connectivity index (χ3n) is 3.70. The van der Waals surface area contributed by atoms with Gasteiger partial charge in [-0.05, 0) is 0 Å². The first-order chi connectivity index (χ1) is 9.19. The van der Waals surface area contributed by atoms with Crippen LogP contribution in [-0.4, -0.2) is 8.80 Å². The number of benzene rings is 1. The van der Waals surface area contributed by atoms with Crippen LogP contribution in [0.2, 0.25) is 12.6 Å². The average molecular weight is 425 g/mol. The molecule has 1 atom stereocenters. The Hall–Kier alpha value is 0.501. The number of hydrogen-bond donors (Lipinski definition) is 0. The van der Waals surface area contributed by atoms with E-state index in [4.69, 9.17) is 0 Å². The molecule has 0 amide bonds. The van der Waals surface area contributed by atoms with Crippen molar-refractivity contribution in [3.63, 3.8) is 0 Å². The van der Waals surface area contributed by atoms with Crippen molar-refractivity contribution >= 4 is 14.0 Å². The van der Waals surface area contributed by atoms with E-state index in [0.717, 1.165) is 12.3 Å². The van der Waals surface area contributed by atoms with Crippen LogP contribution in [0, 0.1) is 12.0 Å². The molecule has 0 nitrogen and oxygen atoms in total. The van der Waals surface area contributed by atoms with Gasteiger partial charge in [0.15, 0.2) is 0 Å². The smallest absolute Gasteiger partial charge is 1.00 e. The van der Waals surface area contributed by atoms with Crippen molar-refractivity contribution in [2.75, 3.05) is 0 Å². The molecule has 1 aromatic rings. The second-order valence-corrected chi connectivity index (χ2v) is 7.91. The van der Waals surface area contributed by atoms with Crippen LogP contribution in [0.3, 0.4) is 0 Å². The van der Waals surface area contributed by atoms with Crippen LogP contribution in [0.1, 0.15) is 33.6 Å². The van der Waals surface area contributed by atoms with Crippen LogP contribution in [0.15, 0.2) is 48.1 Å². The van der Waals surface area contributed by atoms with Gasteiger partial charge in [0.25, 0.3) is 0 Å². The number of allylic oxidation sites excluding steroid dienone is 4. The summed E-state index contributed by atoms with van der Waals surface area (Å²) in [7, 11) is -0.207. The van der Waals surface area contributed by atoms with Crippen molar-refractivity contribution in [3.8, 4) is 0 Å². The Labute approximate surface area is 178 Å². The van der Waals surface area contributed by atoms with Gasteiger partial charge in [-0.3, -0.25) is 6.08 Å². The number of rotatable bonds is 4. The summed E-state index contributed by atoms with van der Waals surface area (Å²) in [4.78, 5) is 0. The van der Waals surface area contributed by atoms with Gasteiger partial charge in [-0.25, -0.2) is 6.08 Å². The number of hydrogen-bond acceptors (Lipinski definition) is 0. The zero-order chi connectivity index (χ0) is 14.1. The molecule has 1 aliphatic rings. The fourth-order valence-electron chi connectivity index (χ4n) is 1.92. The summed E-state index contributed by atoms with van der Waals surface area (Å²) in [5.74, 6) is 0.736. The molecular formula is C18H26Cl3SiTi. The van der Waals surface area contributed by atoms with Crippen LogP contribution in [-0.2, 0) is 21.7 Å². The third kappa shape index (κ3) is 12.5. The maximum absolute atomic E-state index is 3.17. The van der Waals surface area contributed by atoms with Crippen LogP contribution >= 0.6 is 0 Å². The Balaban J connectivity index is -0.000000134. The quantitative estimate of drug-likeness (QED) is 0.340. The molecule has 0 fully saturated rings. The van der Waals surface area contributed by atoms with Gasteiger partial charge >= 0.3 is 21.7 Å². The minimum absolute atomic E-state index is 0. The number of halogens is 3. The molecule has 0 saturated carbocycles. The van der Waals surface area contributed by atoms with Gasteiger partial charge in [-0.15, -0.1) is 6.42 Å². The summed E-state index contributed by atoms with van der Waals surface area (Å²) in [5.41, 5.74) is 1.47. The van der Waals surface area contributed by atoms with E-state index in [9.17, 15) is 0 Å². The Morgan fingerprint density at radius 1 is 1.09 bits per heavy atom. The minimum Gasteiger partial charge on any atom is -1.00 e. The molecule has 2 rings (SSSR count). The Kier molecular flexibility index (Phi) is 25.6. The predicted octanol–water partition coefficient (Wildman–Crippen LogP) is -4.23. The van der Waals surface area contributed by atoms with Crippen molar-refractivity contribution in [3.05, 3.63) is 54.1 Å². The van der Waals surface area contributed by atoms with E-state index in [2.05, 4.69) is 75.9 Å². The molecule has 1 aromatic carbocycles. The predicted molar refractivity (Wildman–Crippen MR) is 88.1 cm³/mol. The summed E-state index contributed by atoms with van der Waals surface area (Å²) < 4.78 is 0. The normalized spacial score (nSPS) is 12.3. The molecule has 0 aliphatic heterocycles. The summed E-state index contributed by atoms with van der Waals surface area (Å²) >= 11 is 0. The largest absolute Gasteiger partial charge is 4.00 e. The maximum Gasteiger partial charge on any atom is 4.00 e. The second-order valence-electron chi connectivity index (χ2n) is 5.07. The van der Waals surface area contributed by atoms with Gasteiger partial charge in [0.1, 0.15) is 0 Å².